The first-order valence-electron chi connectivity index (χ1n) is 10.9. The highest BCUT2D eigenvalue weighted by Crippen LogP contribution is 2.37. The van der Waals surface area contributed by atoms with E-state index >= 15 is 0 Å². The van der Waals surface area contributed by atoms with E-state index in [0.717, 1.165) is 28.2 Å². The van der Waals surface area contributed by atoms with Crippen molar-refractivity contribution in [2.45, 2.75) is 32.4 Å². The maximum absolute atomic E-state index is 12.9. The molecule has 0 radical (unpaired) electrons. The first-order valence-corrected chi connectivity index (χ1v) is 11.7. The zero-order chi connectivity index (χ0) is 23.4. The topological polar surface area (TPSA) is 80.8 Å². The van der Waals surface area contributed by atoms with E-state index in [0.29, 0.717) is 18.0 Å². The van der Waals surface area contributed by atoms with Gasteiger partial charge in [-0.15, -0.1) is 11.3 Å². The molecule has 0 saturated carbocycles. The van der Waals surface area contributed by atoms with E-state index in [1.54, 1.807) is 25.4 Å². The van der Waals surface area contributed by atoms with E-state index in [-0.39, 0.29) is 24.4 Å². The van der Waals surface area contributed by atoms with Crippen LogP contribution in [0, 0.1) is 0 Å². The van der Waals surface area contributed by atoms with Crippen LogP contribution < -0.4 is 15.0 Å². The molecule has 0 bridgehead atoms. The van der Waals surface area contributed by atoms with E-state index in [9.17, 15) is 9.59 Å². The average Bonchev–Trinajstić information content (AvgIpc) is 3.30. The minimum atomic E-state index is -0.664. The maximum atomic E-state index is 12.9. The highest BCUT2D eigenvalue weighted by molar-refractivity contribution is 7.09. The van der Waals surface area contributed by atoms with Gasteiger partial charge in [-0.25, -0.2) is 4.98 Å². The molecule has 2 heterocycles. The van der Waals surface area contributed by atoms with Gasteiger partial charge in [0.25, 0.3) is 5.91 Å². The summed E-state index contributed by atoms with van der Waals surface area (Å²) in [5.41, 5.74) is 3.26. The standard InChI is InChI=1S/C25H27N3O4S/c1-16(18-7-5-4-6-8-18)26-23(29)14-28-21-13-19(9-10-22(21)32-17(2)25(28)30)20-15-33-24(27-20)11-12-31-3/h4-10,13,15-17H,11-12,14H2,1-3H3,(H,26,29). The van der Waals surface area contributed by atoms with Gasteiger partial charge >= 0.3 is 0 Å². The van der Waals surface area contributed by atoms with Crippen molar-refractivity contribution in [3.63, 3.8) is 0 Å². The number of nitrogens with one attached hydrogen (secondary N) is 1. The zero-order valence-electron chi connectivity index (χ0n) is 18.9. The van der Waals surface area contributed by atoms with Crippen molar-refractivity contribution < 1.29 is 19.1 Å². The Labute approximate surface area is 197 Å². The number of methoxy groups -OCH3 is 1. The number of aromatic nitrogens is 1. The minimum Gasteiger partial charge on any atom is -0.479 e. The quantitative estimate of drug-likeness (QED) is 0.544. The van der Waals surface area contributed by atoms with Crippen LogP contribution in [0.1, 0.15) is 30.5 Å². The van der Waals surface area contributed by atoms with Crippen molar-refractivity contribution >= 4 is 28.8 Å². The number of hydrogen-bond donors (Lipinski definition) is 1. The molecule has 1 aliphatic rings. The predicted molar refractivity (Wildman–Crippen MR) is 129 cm³/mol. The normalized spacial score (nSPS) is 16.2. The lowest BCUT2D eigenvalue weighted by Crippen LogP contribution is -2.49. The number of thiazole rings is 1. The molecule has 8 heteroatoms. The van der Waals surface area contributed by atoms with Crippen molar-refractivity contribution in [2.75, 3.05) is 25.2 Å². The molecule has 172 valence electrons. The van der Waals surface area contributed by atoms with E-state index in [1.165, 1.54) is 4.90 Å². The van der Waals surface area contributed by atoms with Gasteiger partial charge in [0, 0.05) is 24.5 Å². The Hall–Kier alpha value is -3.23. The summed E-state index contributed by atoms with van der Waals surface area (Å²) in [7, 11) is 1.67. The molecule has 7 nitrogen and oxygen atoms in total. The molecule has 3 aromatic rings. The summed E-state index contributed by atoms with van der Waals surface area (Å²) < 4.78 is 10.9. The smallest absolute Gasteiger partial charge is 0.268 e. The second-order valence-corrected chi connectivity index (χ2v) is 8.88. The van der Waals surface area contributed by atoms with Gasteiger partial charge in [0.1, 0.15) is 12.3 Å². The first kappa shape index (κ1) is 22.9. The lowest BCUT2D eigenvalue weighted by atomic mass is 10.1. The molecule has 0 aliphatic carbocycles. The SMILES string of the molecule is COCCc1nc(-c2ccc3c(c2)N(CC(=O)NC(C)c2ccccc2)C(=O)C(C)O3)cs1. The maximum Gasteiger partial charge on any atom is 0.268 e. The number of nitrogens with zero attached hydrogens (tertiary/aromatic N) is 2. The van der Waals surface area contributed by atoms with Gasteiger partial charge < -0.3 is 14.8 Å². The Morgan fingerprint density at radius 2 is 2.06 bits per heavy atom. The molecule has 1 aromatic heterocycles. The first-order chi connectivity index (χ1) is 16.0. The fourth-order valence-electron chi connectivity index (χ4n) is 3.73. The van der Waals surface area contributed by atoms with Gasteiger partial charge in [-0.1, -0.05) is 30.3 Å². The van der Waals surface area contributed by atoms with Crippen molar-refractivity contribution in [3.05, 3.63) is 64.5 Å². The molecule has 2 atom stereocenters. The van der Waals surface area contributed by atoms with Crippen molar-refractivity contribution in [1.82, 2.24) is 10.3 Å². The second-order valence-electron chi connectivity index (χ2n) is 7.94. The second kappa shape index (κ2) is 10.1. The Morgan fingerprint density at radius 3 is 2.82 bits per heavy atom. The van der Waals surface area contributed by atoms with Gasteiger partial charge in [0.15, 0.2) is 6.10 Å². The van der Waals surface area contributed by atoms with Crippen LogP contribution >= 0.6 is 11.3 Å². The number of carbonyl (C=O) groups excluding carboxylic acids is 2. The fraction of sp³-hybridized carbons (Fsp3) is 0.320. The molecule has 2 unspecified atom stereocenters. The fourth-order valence-corrected chi connectivity index (χ4v) is 4.52. The average molecular weight is 466 g/mol. The number of amides is 2. The van der Waals surface area contributed by atoms with Crippen molar-refractivity contribution in [2.24, 2.45) is 0 Å². The van der Waals surface area contributed by atoms with E-state index in [2.05, 4.69) is 10.3 Å². The van der Waals surface area contributed by atoms with Crippen LogP contribution in [0.15, 0.2) is 53.9 Å². The Kier molecular flexibility index (Phi) is 7.05. The summed E-state index contributed by atoms with van der Waals surface area (Å²) in [5.74, 6) is 0.0893. The third-order valence-corrected chi connectivity index (χ3v) is 6.42. The van der Waals surface area contributed by atoms with Crippen LogP contribution in [0.4, 0.5) is 5.69 Å². The van der Waals surface area contributed by atoms with Crippen LogP contribution in [0.5, 0.6) is 5.75 Å². The molecule has 0 fully saturated rings. The largest absolute Gasteiger partial charge is 0.479 e. The zero-order valence-corrected chi connectivity index (χ0v) is 19.7. The van der Waals surface area contributed by atoms with Gasteiger partial charge in [-0.3, -0.25) is 14.5 Å². The highest BCUT2D eigenvalue weighted by Gasteiger charge is 2.33. The van der Waals surface area contributed by atoms with Gasteiger partial charge in [0.2, 0.25) is 5.91 Å². The van der Waals surface area contributed by atoms with Gasteiger partial charge in [0.05, 0.1) is 29.0 Å². The minimum absolute atomic E-state index is 0.0870. The van der Waals surface area contributed by atoms with Crippen LogP contribution in [0.2, 0.25) is 0 Å². The van der Waals surface area contributed by atoms with E-state index < -0.39 is 6.10 Å². The van der Waals surface area contributed by atoms with E-state index in [4.69, 9.17) is 9.47 Å². The Morgan fingerprint density at radius 1 is 1.27 bits per heavy atom. The van der Waals surface area contributed by atoms with Crippen LogP contribution in [-0.2, 0) is 20.7 Å². The number of fused-ring (bicyclic) bond motifs is 1. The highest BCUT2D eigenvalue weighted by atomic mass is 32.1. The molecule has 1 aliphatic heterocycles. The number of rotatable bonds is 8. The molecular formula is C25H27N3O4S. The predicted octanol–water partition coefficient (Wildman–Crippen LogP) is 3.99. The molecule has 2 aromatic carbocycles. The summed E-state index contributed by atoms with van der Waals surface area (Å²) in [6, 6.07) is 15.2. The molecule has 0 saturated heterocycles. The lowest BCUT2D eigenvalue weighted by Gasteiger charge is -2.33. The van der Waals surface area contributed by atoms with Gasteiger partial charge in [-0.2, -0.15) is 0 Å². The van der Waals surface area contributed by atoms with Gasteiger partial charge in [-0.05, 0) is 37.6 Å². The summed E-state index contributed by atoms with van der Waals surface area (Å²) in [6.07, 6.45) is 0.0829. The number of ether oxygens (including phenoxy) is 2. The summed E-state index contributed by atoms with van der Waals surface area (Å²) >= 11 is 1.57. The summed E-state index contributed by atoms with van der Waals surface area (Å²) in [6.45, 7) is 4.14. The summed E-state index contributed by atoms with van der Waals surface area (Å²) in [4.78, 5) is 32.0. The van der Waals surface area contributed by atoms with Crippen molar-refractivity contribution in [3.8, 4) is 17.0 Å². The monoisotopic (exact) mass is 465 g/mol. The third kappa shape index (κ3) is 5.23. The van der Waals surface area contributed by atoms with Crippen molar-refractivity contribution in [1.29, 1.82) is 0 Å². The number of benzene rings is 2. The number of carbonyl (C=O) groups is 2. The number of hydrogen-bond acceptors (Lipinski definition) is 6. The lowest BCUT2D eigenvalue weighted by molar-refractivity contribution is -0.128. The molecule has 2 amide bonds. The Bertz CT molecular complexity index is 1130. The number of anilines is 1. The van der Waals surface area contributed by atoms with E-state index in [1.807, 2.05) is 60.8 Å². The van der Waals surface area contributed by atoms with Crippen LogP contribution in [0.25, 0.3) is 11.3 Å². The Balaban J connectivity index is 1.55. The molecule has 0 spiro atoms. The molecule has 4 rings (SSSR count). The molecular weight excluding hydrogens is 438 g/mol. The summed E-state index contributed by atoms with van der Waals surface area (Å²) in [5, 5.41) is 5.95. The third-order valence-electron chi connectivity index (χ3n) is 5.51. The van der Waals surface area contributed by atoms with Crippen LogP contribution in [-0.4, -0.2) is 43.2 Å². The van der Waals surface area contributed by atoms with Crippen LogP contribution in [0.3, 0.4) is 0 Å². The molecule has 1 N–H and O–H groups in total. The molecule has 33 heavy (non-hydrogen) atoms.